The summed E-state index contributed by atoms with van der Waals surface area (Å²) in [6.07, 6.45) is 6.32. The molecule has 3 nitrogen and oxygen atoms in total. The Morgan fingerprint density at radius 3 is 2.94 bits per heavy atom. The highest BCUT2D eigenvalue weighted by Gasteiger charge is 2.25. The van der Waals surface area contributed by atoms with Crippen LogP contribution in [-0.4, -0.2) is 22.3 Å². The van der Waals surface area contributed by atoms with Crippen LogP contribution < -0.4 is 5.32 Å². The monoisotopic (exact) mass is 256 g/mol. The SMILES string of the molecule is O=C(NC1CCCCC1Cl)c1ccncc1F. The van der Waals surface area contributed by atoms with Gasteiger partial charge in [-0.3, -0.25) is 9.78 Å². The average Bonchev–Trinajstić information content (AvgIpc) is 2.32. The van der Waals surface area contributed by atoms with Crippen molar-refractivity contribution in [1.82, 2.24) is 10.3 Å². The van der Waals surface area contributed by atoms with Gasteiger partial charge >= 0.3 is 0 Å². The minimum atomic E-state index is -0.605. The Balaban J connectivity index is 2.04. The van der Waals surface area contributed by atoms with Gasteiger partial charge < -0.3 is 5.32 Å². The molecule has 1 amide bonds. The molecule has 0 spiro atoms. The fourth-order valence-electron chi connectivity index (χ4n) is 2.05. The molecular formula is C12H14ClFN2O. The number of hydrogen-bond donors (Lipinski definition) is 1. The maximum absolute atomic E-state index is 13.3. The molecule has 2 rings (SSSR count). The van der Waals surface area contributed by atoms with Crippen molar-refractivity contribution in [2.45, 2.75) is 37.1 Å². The number of hydrogen-bond acceptors (Lipinski definition) is 2. The molecule has 1 N–H and O–H groups in total. The van der Waals surface area contributed by atoms with E-state index >= 15 is 0 Å². The lowest BCUT2D eigenvalue weighted by Crippen LogP contribution is -2.43. The van der Waals surface area contributed by atoms with Crippen molar-refractivity contribution in [3.63, 3.8) is 0 Å². The molecule has 1 saturated carbocycles. The first-order chi connectivity index (χ1) is 8.18. The fourth-order valence-corrected chi connectivity index (χ4v) is 2.40. The van der Waals surface area contributed by atoms with Gasteiger partial charge in [0.2, 0.25) is 0 Å². The van der Waals surface area contributed by atoms with Crippen molar-refractivity contribution in [2.24, 2.45) is 0 Å². The molecular weight excluding hydrogens is 243 g/mol. The quantitative estimate of drug-likeness (QED) is 0.826. The van der Waals surface area contributed by atoms with Crippen LogP contribution in [0.4, 0.5) is 4.39 Å². The predicted octanol–water partition coefficient (Wildman–Crippen LogP) is 2.50. The van der Waals surface area contributed by atoms with Crippen molar-refractivity contribution < 1.29 is 9.18 Å². The fraction of sp³-hybridized carbons (Fsp3) is 0.500. The van der Waals surface area contributed by atoms with Crippen molar-refractivity contribution in [2.75, 3.05) is 0 Å². The Morgan fingerprint density at radius 2 is 2.24 bits per heavy atom. The van der Waals surface area contributed by atoms with Gasteiger partial charge in [-0.2, -0.15) is 0 Å². The Morgan fingerprint density at radius 1 is 1.47 bits per heavy atom. The standard InChI is InChI=1S/C12H14ClFN2O/c13-9-3-1-2-4-11(9)16-12(17)8-5-6-15-7-10(8)14/h5-7,9,11H,1-4H2,(H,16,17). The second-order valence-corrected chi connectivity index (χ2v) is 4.80. The molecule has 92 valence electrons. The molecule has 2 atom stereocenters. The summed E-state index contributed by atoms with van der Waals surface area (Å²) in [6.45, 7) is 0. The second-order valence-electron chi connectivity index (χ2n) is 4.24. The van der Waals surface area contributed by atoms with Crippen LogP contribution >= 0.6 is 11.6 Å². The van der Waals surface area contributed by atoms with Gasteiger partial charge in [-0.05, 0) is 18.9 Å². The van der Waals surface area contributed by atoms with Crippen molar-refractivity contribution >= 4 is 17.5 Å². The average molecular weight is 257 g/mol. The lowest BCUT2D eigenvalue weighted by atomic mass is 9.94. The van der Waals surface area contributed by atoms with Gasteiger partial charge in [-0.15, -0.1) is 11.6 Å². The second kappa shape index (κ2) is 5.45. The zero-order chi connectivity index (χ0) is 12.3. The molecule has 1 aliphatic rings. The number of nitrogens with one attached hydrogen (secondary N) is 1. The smallest absolute Gasteiger partial charge is 0.254 e. The maximum atomic E-state index is 13.3. The lowest BCUT2D eigenvalue weighted by molar-refractivity contribution is 0.0924. The molecule has 2 unspecified atom stereocenters. The van der Waals surface area contributed by atoms with Crippen LogP contribution in [0, 0.1) is 5.82 Å². The first-order valence-electron chi connectivity index (χ1n) is 5.73. The van der Waals surface area contributed by atoms with Gasteiger partial charge in [0.1, 0.15) is 0 Å². The summed E-state index contributed by atoms with van der Waals surface area (Å²) < 4.78 is 13.3. The van der Waals surface area contributed by atoms with Crippen LogP contribution in [0.15, 0.2) is 18.5 Å². The third-order valence-electron chi connectivity index (χ3n) is 3.02. The van der Waals surface area contributed by atoms with E-state index in [2.05, 4.69) is 10.3 Å². The number of halogens is 2. The topological polar surface area (TPSA) is 42.0 Å². The number of carbonyl (C=O) groups is 1. The first kappa shape index (κ1) is 12.3. The summed E-state index contributed by atoms with van der Waals surface area (Å²) in [4.78, 5) is 15.4. The Bertz CT molecular complexity index is 413. The largest absolute Gasteiger partial charge is 0.348 e. The molecule has 1 aliphatic carbocycles. The minimum Gasteiger partial charge on any atom is -0.348 e. The summed E-state index contributed by atoms with van der Waals surface area (Å²) in [5, 5.41) is 2.73. The third kappa shape index (κ3) is 2.94. The normalized spacial score (nSPS) is 24.4. The van der Waals surface area contributed by atoms with Gasteiger partial charge in [0.05, 0.1) is 17.1 Å². The van der Waals surface area contributed by atoms with Crippen LogP contribution in [0.25, 0.3) is 0 Å². The molecule has 1 fully saturated rings. The summed E-state index contributed by atoms with van der Waals surface area (Å²) in [5.74, 6) is -1.02. The summed E-state index contributed by atoms with van der Waals surface area (Å²) in [7, 11) is 0. The molecule has 0 aromatic carbocycles. The van der Waals surface area contributed by atoms with E-state index in [1.54, 1.807) is 0 Å². The number of alkyl halides is 1. The number of pyridine rings is 1. The highest BCUT2D eigenvalue weighted by molar-refractivity contribution is 6.21. The zero-order valence-electron chi connectivity index (χ0n) is 9.33. The van der Waals surface area contributed by atoms with Gasteiger partial charge in [-0.1, -0.05) is 12.8 Å². The van der Waals surface area contributed by atoms with Gasteiger partial charge in [0.25, 0.3) is 5.91 Å². The van der Waals surface area contributed by atoms with Crippen molar-refractivity contribution in [3.05, 3.63) is 29.8 Å². The van der Waals surface area contributed by atoms with E-state index in [1.165, 1.54) is 12.3 Å². The van der Waals surface area contributed by atoms with E-state index < -0.39 is 11.7 Å². The molecule has 1 aromatic heterocycles. The maximum Gasteiger partial charge on any atom is 0.254 e. The molecule has 1 heterocycles. The van der Waals surface area contributed by atoms with Crippen LogP contribution in [-0.2, 0) is 0 Å². The van der Waals surface area contributed by atoms with Gasteiger partial charge in [0.15, 0.2) is 5.82 Å². The van der Waals surface area contributed by atoms with E-state index in [-0.39, 0.29) is 17.0 Å². The van der Waals surface area contributed by atoms with Gasteiger partial charge in [-0.25, -0.2) is 4.39 Å². The van der Waals surface area contributed by atoms with Crippen LogP contribution in [0.2, 0.25) is 0 Å². The Hall–Kier alpha value is -1.16. The summed E-state index contributed by atoms with van der Waals surface area (Å²) in [6, 6.07) is 1.31. The highest BCUT2D eigenvalue weighted by atomic mass is 35.5. The third-order valence-corrected chi connectivity index (χ3v) is 3.54. The summed E-state index contributed by atoms with van der Waals surface area (Å²) >= 11 is 6.13. The van der Waals surface area contributed by atoms with Crippen LogP contribution in [0.5, 0.6) is 0 Å². The highest BCUT2D eigenvalue weighted by Crippen LogP contribution is 2.23. The lowest BCUT2D eigenvalue weighted by Gasteiger charge is -2.27. The number of carbonyl (C=O) groups excluding carboxylic acids is 1. The number of amides is 1. The Labute approximate surface area is 104 Å². The van der Waals surface area contributed by atoms with Gasteiger partial charge in [0, 0.05) is 12.2 Å². The van der Waals surface area contributed by atoms with E-state index in [0.29, 0.717) is 0 Å². The van der Waals surface area contributed by atoms with Crippen LogP contribution in [0.1, 0.15) is 36.0 Å². The Kier molecular flexibility index (Phi) is 3.94. The van der Waals surface area contributed by atoms with E-state index in [0.717, 1.165) is 31.9 Å². The molecule has 0 saturated heterocycles. The van der Waals surface area contributed by atoms with E-state index in [1.807, 2.05) is 0 Å². The van der Waals surface area contributed by atoms with E-state index in [9.17, 15) is 9.18 Å². The van der Waals surface area contributed by atoms with E-state index in [4.69, 9.17) is 11.6 Å². The number of nitrogens with zero attached hydrogens (tertiary/aromatic N) is 1. The first-order valence-corrected chi connectivity index (χ1v) is 6.16. The molecule has 0 bridgehead atoms. The molecule has 0 radical (unpaired) electrons. The molecule has 0 aliphatic heterocycles. The minimum absolute atomic E-state index is 0.0226. The zero-order valence-corrected chi connectivity index (χ0v) is 10.1. The predicted molar refractivity (Wildman–Crippen MR) is 63.6 cm³/mol. The molecule has 1 aromatic rings. The number of rotatable bonds is 2. The number of aromatic nitrogens is 1. The van der Waals surface area contributed by atoms with Crippen molar-refractivity contribution in [1.29, 1.82) is 0 Å². The van der Waals surface area contributed by atoms with Crippen molar-refractivity contribution in [3.8, 4) is 0 Å². The molecule has 17 heavy (non-hydrogen) atoms. The molecule has 5 heteroatoms. The summed E-state index contributed by atoms with van der Waals surface area (Å²) in [5.41, 5.74) is 0.0226. The van der Waals surface area contributed by atoms with Crippen LogP contribution in [0.3, 0.4) is 0 Å².